The molecule has 0 aliphatic carbocycles. The Morgan fingerprint density at radius 2 is 1.53 bits per heavy atom. The Kier molecular flexibility index (Phi) is 5.59. The van der Waals surface area contributed by atoms with E-state index in [4.69, 9.17) is 10.2 Å². The first-order valence-electron chi connectivity index (χ1n) is 11.3. The fraction of sp³-hybridized carbons (Fsp3) is 0.148. The van der Waals surface area contributed by atoms with Gasteiger partial charge >= 0.3 is 5.63 Å². The number of rotatable bonds is 6. The van der Waals surface area contributed by atoms with Crippen molar-refractivity contribution in [2.24, 2.45) is 0 Å². The minimum Gasteiger partial charge on any atom is -0.423 e. The van der Waals surface area contributed by atoms with Crippen LogP contribution in [0, 0.1) is 0 Å². The van der Waals surface area contributed by atoms with Crippen molar-refractivity contribution in [1.82, 2.24) is 15.0 Å². The maximum Gasteiger partial charge on any atom is 0.336 e. The molecule has 7 heteroatoms. The van der Waals surface area contributed by atoms with Gasteiger partial charge in [0, 0.05) is 41.9 Å². The Hall–Kier alpha value is -4.39. The van der Waals surface area contributed by atoms with E-state index in [1.165, 1.54) is 6.07 Å². The Morgan fingerprint density at radius 1 is 0.882 bits per heavy atom. The monoisotopic (exact) mass is 451 g/mol. The van der Waals surface area contributed by atoms with Crippen LogP contribution in [0.1, 0.15) is 13.8 Å². The summed E-state index contributed by atoms with van der Waals surface area (Å²) in [7, 11) is 0. The Bertz CT molecular complexity index is 1500. The highest BCUT2D eigenvalue weighted by atomic mass is 16.4. The second-order valence-corrected chi connectivity index (χ2v) is 8.05. The van der Waals surface area contributed by atoms with Gasteiger partial charge in [-0.15, -0.1) is 5.10 Å². The van der Waals surface area contributed by atoms with Crippen LogP contribution >= 0.6 is 0 Å². The Morgan fingerprint density at radius 3 is 2.21 bits per heavy atom. The molecule has 0 spiro atoms. The molecule has 5 aromatic rings. The van der Waals surface area contributed by atoms with E-state index in [9.17, 15) is 4.79 Å². The first kappa shape index (κ1) is 21.5. The maximum atomic E-state index is 11.7. The maximum absolute atomic E-state index is 11.7. The van der Waals surface area contributed by atoms with Crippen LogP contribution in [0.4, 0.5) is 11.4 Å². The lowest BCUT2D eigenvalue weighted by molar-refractivity contribution is 0.560. The van der Waals surface area contributed by atoms with Crippen molar-refractivity contribution in [3.63, 3.8) is 0 Å². The van der Waals surface area contributed by atoms with Crippen LogP contribution in [0.25, 0.3) is 39.0 Å². The zero-order chi connectivity index (χ0) is 23.7. The molecule has 0 radical (unpaired) electrons. The molecule has 2 N–H and O–H groups in total. The molecule has 0 saturated heterocycles. The molecule has 0 amide bonds. The van der Waals surface area contributed by atoms with Crippen molar-refractivity contribution in [2.75, 3.05) is 23.7 Å². The van der Waals surface area contributed by atoms with Crippen molar-refractivity contribution in [1.29, 1.82) is 0 Å². The molecule has 34 heavy (non-hydrogen) atoms. The van der Waals surface area contributed by atoms with Gasteiger partial charge in [-0.05, 0) is 49.2 Å². The fourth-order valence-corrected chi connectivity index (χ4v) is 4.12. The average Bonchev–Trinajstić information content (AvgIpc) is 3.35. The van der Waals surface area contributed by atoms with E-state index < -0.39 is 0 Å². The third kappa shape index (κ3) is 4.03. The normalized spacial score (nSPS) is 11.1. The third-order valence-electron chi connectivity index (χ3n) is 5.99. The molecule has 2 heterocycles. The summed E-state index contributed by atoms with van der Waals surface area (Å²) < 4.78 is 7.21. The largest absolute Gasteiger partial charge is 0.423 e. The van der Waals surface area contributed by atoms with Gasteiger partial charge < -0.3 is 15.1 Å². The average molecular weight is 452 g/mol. The summed E-state index contributed by atoms with van der Waals surface area (Å²) in [5.41, 5.74) is 12.5. The van der Waals surface area contributed by atoms with Crippen molar-refractivity contribution in [3.8, 4) is 28.1 Å². The molecule has 7 nitrogen and oxygen atoms in total. The zero-order valence-corrected chi connectivity index (χ0v) is 19.1. The minimum atomic E-state index is -0.365. The molecule has 0 aliphatic heterocycles. The molecule has 170 valence electrons. The second-order valence-electron chi connectivity index (χ2n) is 8.05. The summed E-state index contributed by atoms with van der Waals surface area (Å²) in [4.78, 5) is 13.9. The molecule has 0 saturated carbocycles. The summed E-state index contributed by atoms with van der Waals surface area (Å²) in [5, 5.41) is 9.68. The van der Waals surface area contributed by atoms with Crippen LogP contribution < -0.4 is 16.3 Å². The van der Waals surface area contributed by atoms with Crippen LogP contribution in [0.5, 0.6) is 0 Å². The number of fused-ring (bicyclic) bond motifs is 1. The molecule has 0 bridgehead atoms. The van der Waals surface area contributed by atoms with Gasteiger partial charge in [0.15, 0.2) is 0 Å². The van der Waals surface area contributed by atoms with Gasteiger partial charge in [-0.3, -0.25) is 0 Å². The smallest absolute Gasteiger partial charge is 0.336 e. The highest BCUT2D eigenvalue weighted by molar-refractivity contribution is 5.86. The highest BCUT2D eigenvalue weighted by Crippen LogP contribution is 2.31. The van der Waals surface area contributed by atoms with Gasteiger partial charge in [-0.25, -0.2) is 9.48 Å². The van der Waals surface area contributed by atoms with E-state index in [1.54, 1.807) is 10.7 Å². The molecule has 0 aliphatic rings. The lowest BCUT2D eigenvalue weighted by Crippen LogP contribution is -2.23. The summed E-state index contributed by atoms with van der Waals surface area (Å²) in [6.07, 6.45) is 1.92. The van der Waals surface area contributed by atoms with Gasteiger partial charge in [0.2, 0.25) is 0 Å². The molecule has 3 aromatic carbocycles. The molecular weight excluding hydrogens is 426 g/mol. The van der Waals surface area contributed by atoms with Crippen LogP contribution in [0.15, 0.2) is 88.2 Å². The van der Waals surface area contributed by atoms with E-state index in [0.717, 1.165) is 57.9 Å². The molecule has 0 unspecified atom stereocenters. The number of aromatic nitrogens is 3. The third-order valence-corrected chi connectivity index (χ3v) is 5.99. The Labute approximate surface area is 197 Å². The number of hydrogen-bond donors (Lipinski definition) is 1. The topological polar surface area (TPSA) is 90.2 Å². The minimum absolute atomic E-state index is 0.365. The van der Waals surface area contributed by atoms with E-state index in [2.05, 4.69) is 41.2 Å². The molecule has 0 atom stereocenters. The van der Waals surface area contributed by atoms with Gasteiger partial charge in [0.25, 0.3) is 0 Å². The van der Waals surface area contributed by atoms with Crippen LogP contribution in [-0.2, 0) is 0 Å². The first-order chi connectivity index (χ1) is 16.6. The first-order valence-corrected chi connectivity index (χ1v) is 11.3. The number of anilines is 2. The second kappa shape index (κ2) is 8.86. The lowest BCUT2D eigenvalue weighted by Gasteiger charge is -2.24. The van der Waals surface area contributed by atoms with Crippen LogP contribution in [0.3, 0.4) is 0 Å². The summed E-state index contributed by atoms with van der Waals surface area (Å²) >= 11 is 0. The quantitative estimate of drug-likeness (QED) is 0.284. The summed E-state index contributed by atoms with van der Waals surface area (Å²) in [5.74, 6) is 0. The predicted octanol–water partition coefficient (Wildman–Crippen LogP) is 5.14. The van der Waals surface area contributed by atoms with Gasteiger partial charge in [0.1, 0.15) is 11.3 Å². The van der Waals surface area contributed by atoms with Crippen molar-refractivity contribution >= 4 is 22.3 Å². The fourth-order valence-electron chi connectivity index (χ4n) is 4.12. The van der Waals surface area contributed by atoms with Crippen molar-refractivity contribution < 1.29 is 4.42 Å². The van der Waals surface area contributed by atoms with Gasteiger partial charge in [-0.2, -0.15) is 0 Å². The van der Waals surface area contributed by atoms with Gasteiger partial charge in [-0.1, -0.05) is 41.6 Å². The SMILES string of the molecule is CCN(CC)c1cc2oc(=O)ccc2cc1-n1cc(-c2ccc(-c3ccc(N)cc3)cc2)nn1. The number of benzene rings is 3. The van der Waals surface area contributed by atoms with Crippen LogP contribution in [-0.4, -0.2) is 28.1 Å². The van der Waals surface area contributed by atoms with Crippen molar-refractivity contribution in [3.05, 3.63) is 89.4 Å². The summed E-state index contributed by atoms with van der Waals surface area (Å²) in [6.45, 7) is 5.79. The van der Waals surface area contributed by atoms with Crippen LogP contribution in [0.2, 0.25) is 0 Å². The van der Waals surface area contributed by atoms with E-state index in [0.29, 0.717) is 5.58 Å². The zero-order valence-electron chi connectivity index (χ0n) is 19.1. The van der Waals surface area contributed by atoms with E-state index in [1.807, 2.05) is 54.7 Å². The summed E-state index contributed by atoms with van der Waals surface area (Å²) in [6, 6.07) is 23.1. The Balaban J connectivity index is 1.53. The van der Waals surface area contributed by atoms with Crippen molar-refractivity contribution in [2.45, 2.75) is 13.8 Å². The standard InChI is InChI=1S/C27H25N5O2/c1-3-31(4-2)24-16-26-21(11-14-27(33)34-26)15-25(24)32-17-23(29-30-32)20-7-5-18(6-8-20)19-9-12-22(28)13-10-19/h5-17H,3-4,28H2,1-2H3. The highest BCUT2D eigenvalue weighted by Gasteiger charge is 2.16. The number of hydrogen-bond acceptors (Lipinski definition) is 6. The van der Waals surface area contributed by atoms with E-state index in [-0.39, 0.29) is 5.63 Å². The lowest BCUT2D eigenvalue weighted by atomic mass is 10.0. The molecule has 5 rings (SSSR count). The number of nitrogen functional groups attached to an aromatic ring is 1. The van der Waals surface area contributed by atoms with E-state index >= 15 is 0 Å². The molecule has 0 fully saturated rings. The molecular formula is C27H25N5O2. The molecule has 2 aromatic heterocycles. The predicted molar refractivity (Wildman–Crippen MR) is 136 cm³/mol. The number of nitrogens with two attached hydrogens (primary N) is 1. The van der Waals surface area contributed by atoms with Gasteiger partial charge in [0.05, 0.1) is 17.6 Å². The number of nitrogens with zero attached hydrogens (tertiary/aromatic N) is 4.